The van der Waals surface area contributed by atoms with Gasteiger partial charge in [-0.1, -0.05) is 5.92 Å². The van der Waals surface area contributed by atoms with Gasteiger partial charge in [-0.3, -0.25) is 10.1 Å². The minimum absolute atomic E-state index is 0.149. The van der Waals surface area contributed by atoms with Gasteiger partial charge >= 0.3 is 0 Å². The van der Waals surface area contributed by atoms with Crippen molar-refractivity contribution in [3.05, 3.63) is 33.9 Å². The van der Waals surface area contributed by atoms with E-state index in [9.17, 15) is 10.1 Å². The van der Waals surface area contributed by atoms with Crippen LogP contribution in [-0.4, -0.2) is 18.0 Å². The number of nitrogens with zero attached hydrogens (tertiary/aromatic N) is 2. The Kier molecular flexibility index (Phi) is 2.30. The van der Waals surface area contributed by atoms with E-state index in [1.807, 2.05) is 0 Å². The molecule has 4 heteroatoms. The van der Waals surface area contributed by atoms with E-state index < -0.39 is 0 Å². The number of nitro groups is 1. The van der Waals surface area contributed by atoms with Crippen LogP contribution in [-0.2, 0) is 6.42 Å². The second-order valence-corrected chi connectivity index (χ2v) is 3.45. The maximum atomic E-state index is 10.6. The molecule has 1 aliphatic rings. The quantitative estimate of drug-likeness (QED) is 0.415. The van der Waals surface area contributed by atoms with Crippen molar-refractivity contribution < 1.29 is 4.92 Å². The summed E-state index contributed by atoms with van der Waals surface area (Å²) in [7, 11) is 0. The van der Waals surface area contributed by atoms with Gasteiger partial charge in [0.05, 0.1) is 11.5 Å². The maximum absolute atomic E-state index is 10.6. The molecule has 1 aromatic rings. The molecule has 0 atom stereocenters. The molecule has 4 nitrogen and oxygen atoms in total. The van der Waals surface area contributed by atoms with Crippen LogP contribution in [0.4, 0.5) is 11.4 Å². The molecule has 0 unspecified atom stereocenters. The number of hydrogen-bond acceptors (Lipinski definition) is 3. The summed E-state index contributed by atoms with van der Waals surface area (Å²) in [6.45, 7) is 1.41. The fourth-order valence-electron chi connectivity index (χ4n) is 1.84. The second-order valence-electron chi connectivity index (χ2n) is 3.45. The van der Waals surface area contributed by atoms with Crippen LogP contribution in [0.15, 0.2) is 18.2 Å². The largest absolute Gasteiger partial charge is 0.360 e. The zero-order valence-electron chi connectivity index (χ0n) is 8.14. The van der Waals surface area contributed by atoms with Crippen molar-refractivity contribution in [2.75, 3.05) is 18.0 Å². The highest BCUT2D eigenvalue weighted by Crippen LogP contribution is 2.30. The predicted molar refractivity (Wildman–Crippen MR) is 57.8 cm³/mol. The number of nitro benzene ring substituents is 1. The van der Waals surface area contributed by atoms with E-state index in [-0.39, 0.29) is 10.6 Å². The molecule has 0 N–H and O–H groups in total. The molecule has 0 saturated heterocycles. The Morgan fingerprint density at radius 1 is 1.60 bits per heavy atom. The molecule has 0 amide bonds. The highest BCUT2D eigenvalue weighted by atomic mass is 16.6. The maximum Gasteiger partial charge on any atom is 0.269 e. The summed E-state index contributed by atoms with van der Waals surface area (Å²) in [6, 6.07) is 4.93. The fourth-order valence-corrected chi connectivity index (χ4v) is 1.84. The Morgan fingerprint density at radius 3 is 3.07 bits per heavy atom. The lowest BCUT2D eigenvalue weighted by Crippen LogP contribution is -2.20. The zero-order valence-corrected chi connectivity index (χ0v) is 8.14. The molecular formula is C11H10N2O2. The lowest BCUT2D eigenvalue weighted by Gasteiger charge is -2.15. The summed E-state index contributed by atoms with van der Waals surface area (Å²) >= 11 is 0. The van der Waals surface area contributed by atoms with E-state index in [4.69, 9.17) is 6.42 Å². The molecular weight excluding hydrogens is 192 g/mol. The number of hydrogen-bond donors (Lipinski definition) is 0. The fraction of sp³-hybridized carbons (Fsp3) is 0.273. The van der Waals surface area contributed by atoms with Crippen LogP contribution in [0.25, 0.3) is 0 Å². The van der Waals surface area contributed by atoms with Crippen LogP contribution >= 0.6 is 0 Å². The zero-order chi connectivity index (χ0) is 10.8. The summed E-state index contributed by atoms with van der Waals surface area (Å²) in [5.41, 5.74) is 2.19. The average Bonchev–Trinajstić information content (AvgIpc) is 2.61. The van der Waals surface area contributed by atoms with Crippen molar-refractivity contribution in [1.82, 2.24) is 0 Å². The first-order valence-electron chi connectivity index (χ1n) is 4.68. The van der Waals surface area contributed by atoms with Crippen molar-refractivity contribution in [2.24, 2.45) is 0 Å². The molecule has 0 spiro atoms. The lowest BCUT2D eigenvalue weighted by molar-refractivity contribution is -0.384. The molecule has 0 aliphatic carbocycles. The molecule has 1 heterocycles. The number of rotatable bonds is 2. The van der Waals surface area contributed by atoms with Crippen LogP contribution < -0.4 is 4.90 Å². The Morgan fingerprint density at radius 2 is 2.40 bits per heavy atom. The summed E-state index contributed by atoms with van der Waals surface area (Å²) in [6.07, 6.45) is 6.08. The Bertz CT molecular complexity index is 448. The Hall–Kier alpha value is -2.02. The lowest BCUT2D eigenvalue weighted by atomic mass is 10.1. The molecule has 1 aromatic carbocycles. The molecule has 15 heavy (non-hydrogen) atoms. The SMILES string of the molecule is C#CCN1CCc2cc([N+](=O)[O-])ccc21. The third kappa shape index (κ3) is 1.64. The van der Waals surface area contributed by atoms with E-state index in [1.54, 1.807) is 12.1 Å². The van der Waals surface area contributed by atoms with Gasteiger partial charge in [0.1, 0.15) is 0 Å². The van der Waals surface area contributed by atoms with Gasteiger partial charge in [0.25, 0.3) is 5.69 Å². The molecule has 1 aliphatic heterocycles. The number of terminal acetylenes is 1. The first-order chi connectivity index (χ1) is 7.22. The highest BCUT2D eigenvalue weighted by molar-refractivity contribution is 5.62. The highest BCUT2D eigenvalue weighted by Gasteiger charge is 2.20. The van der Waals surface area contributed by atoms with Gasteiger partial charge in [-0.15, -0.1) is 6.42 Å². The minimum atomic E-state index is -0.371. The first-order valence-corrected chi connectivity index (χ1v) is 4.68. The van der Waals surface area contributed by atoms with Gasteiger partial charge < -0.3 is 4.90 Å². The van der Waals surface area contributed by atoms with E-state index in [2.05, 4.69) is 10.8 Å². The molecule has 0 bridgehead atoms. The summed E-state index contributed by atoms with van der Waals surface area (Å²) in [5.74, 6) is 2.58. The monoisotopic (exact) mass is 202 g/mol. The third-order valence-corrected chi connectivity index (χ3v) is 2.55. The number of benzene rings is 1. The molecule has 2 rings (SSSR count). The normalized spacial score (nSPS) is 13.4. The van der Waals surface area contributed by atoms with Crippen molar-refractivity contribution in [1.29, 1.82) is 0 Å². The topological polar surface area (TPSA) is 46.4 Å². The predicted octanol–water partition coefficient (Wildman–Crippen LogP) is 1.59. The van der Waals surface area contributed by atoms with Gasteiger partial charge in [-0.05, 0) is 18.1 Å². The summed E-state index contributed by atoms with van der Waals surface area (Å²) < 4.78 is 0. The van der Waals surface area contributed by atoms with Crippen molar-refractivity contribution in [3.63, 3.8) is 0 Å². The molecule has 0 fully saturated rings. The molecule has 0 radical (unpaired) electrons. The summed E-state index contributed by atoms with van der Waals surface area (Å²) in [4.78, 5) is 12.3. The second kappa shape index (κ2) is 3.62. The van der Waals surface area contributed by atoms with E-state index in [1.165, 1.54) is 6.07 Å². The van der Waals surface area contributed by atoms with Crippen LogP contribution in [0.1, 0.15) is 5.56 Å². The summed E-state index contributed by atoms with van der Waals surface area (Å²) in [5, 5.41) is 10.6. The van der Waals surface area contributed by atoms with Gasteiger partial charge in [0, 0.05) is 24.4 Å². The van der Waals surface area contributed by atoms with Crippen LogP contribution in [0.3, 0.4) is 0 Å². The number of non-ortho nitro benzene ring substituents is 1. The Balaban J connectivity index is 2.34. The standard InChI is InChI=1S/C11H10N2O2/c1-2-6-12-7-5-9-8-10(13(14)15)3-4-11(9)12/h1,3-4,8H,5-7H2. The minimum Gasteiger partial charge on any atom is -0.360 e. The smallest absolute Gasteiger partial charge is 0.269 e. The molecule has 0 aromatic heterocycles. The Labute approximate surface area is 87.7 Å². The van der Waals surface area contributed by atoms with Crippen LogP contribution in [0.2, 0.25) is 0 Å². The number of anilines is 1. The van der Waals surface area contributed by atoms with E-state index >= 15 is 0 Å². The van der Waals surface area contributed by atoms with Crippen molar-refractivity contribution >= 4 is 11.4 Å². The third-order valence-electron chi connectivity index (χ3n) is 2.55. The van der Waals surface area contributed by atoms with Crippen LogP contribution in [0.5, 0.6) is 0 Å². The number of fused-ring (bicyclic) bond motifs is 1. The average molecular weight is 202 g/mol. The molecule has 76 valence electrons. The van der Waals surface area contributed by atoms with E-state index in [0.29, 0.717) is 6.54 Å². The van der Waals surface area contributed by atoms with Crippen molar-refractivity contribution in [2.45, 2.75) is 6.42 Å². The van der Waals surface area contributed by atoms with Crippen molar-refractivity contribution in [3.8, 4) is 12.3 Å². The van der Waals surface area contributed by atoms with Gasteiger partial charge in [0.15, 0.2) is 0 Å². The first kappa shape index (κ1) is 9.53. The van der Waals surface area contributed by atoms with Gasteiger partial charge in [-0.2, -0.15) is 0 Å². The van der Waals surface area contributed by atoms with E-state index in [0.717, 1.165) is 24.2 Å². The van der Waals surface area contributed by atoms with Gasteiger partial charge in [0.2, 0.25) is 0 Å². The molecule has 0 saturated carbocycles. The van der Waals surface area contributed by atoms with Gasteiger partial charge in [-0.25, -0.2) is 0 Å². The van der Waals surface area contributed by atoms with Crippen LogP contribution in [0, 0.1) is 22.5 Å².